The number of nitrogens with one attached hydrogen (secondary N) is 1. The third-order valence-electron chi connectivity index (χ3n) is 3.29. The van der Waals surface area contributed by atoms with Crippen LogP contribution in [0.25, 0.3) is 0 Å². The molecular weight excluding hydrogens is 244 g/mol. The van der Waals surface area contributed by atoms with Gasteiger partial charge in [-0.3, -0.25) is 10.1 Å². The van der Waals surface area contributed by atoms with Crippen LogP contribution in [-0.2, 0) is 4.79 Å². The molecule has 2 heterocycles. The third kappa shape index (κ3) is 3.12. The van der Waals surface area contributed by atoms with Gasteiger partial charge in [0.25, 0.3) is 0 Å². The van der Waals surface area contributed by atoms with Gasteiger partial charge >= 0.3 is 0 Å². The highest BCUT2D eigenvalue weighted by Gasteiger charge is 2.31. The summed E-state index contributed by atoms with van der Waals surface area (Å²) in [4.78, 5) is 16.5. The maximum atomic E-state index is 11.9. The minimum atomic E-state index is 0.100. The molecule has 1 saturated heterocycles. The molecule has 4 heteroatoms. The summed E-state index contributed by atoms with van der Waals surface area (Å²) in [6, 6.07) is 4.25. The van der Waals surface area contributed by atoms with Crippen LogP contribution in [0.5, 0.6) is 0 Å². The Morgan fingerprint density at radius 3 is 2.89 bits per heavy atom. The van der Waals surface area contributed by atoms with Gasteiger partial charge in [-0.2, -0.15) is 0 Å². The first kappa shape index (κ1) is 13.6. The van der Waals surface area contributed by atoms with E-state index >= 15 is 0 Å². The van der Waals surface area contributed by atoms with Crippen LogP contribution in [0, 0.1) is 12.8 Å². The second-order valence-corrected chi connectivity index (χ2v) is 6.67. The number of carbonyl (C=O) groups is 1. The molecule has 0 spiro atoms. The van der Waals surface area contributed by atoms with E-state index in [1.54, 1.807) is 11.3 Å². The standard InChI is InChI=1S/C14H22N2OS/c1-10(2)5-4-8-16-13(17)9-15-14(16)12-7-6-11(3)18-12/h6-7,10,14-15H,4-5,8-9H2,1-3H3. The third-order valence-corrected chi connectivity index (χ3v) is 4.34. The lowest BCUT2D eigenvalue weighted by atomic mass is 10.1. The zero-order chi connectivity index (χ0) is 13.1. The molecule has 3 nitrogen and oxygen atoms in total. The summed E-state index contributed by atoms with van der Waals surface area (Å²) in [5.41, 5.74) is 0. The van der Waals surface area contributed by atoms with E-state index < -0.39 is 0 Å². The highest BCUT2D eigenvalue weighted by atomic mass is 32.1. The summed E-state index contributed by atoms with van der Waals surface area (Å²) in [6.07, 6.45) is 2.37. The van der Waals surface area contributed by atoms with E-state index in [4.69, 9.17) is 0 Å². The normalized spacial score (nSPS) is 20.1. The molecule has 1 amide bonds. The Morgan fingerprint density at radius 2 is 2.28 bits per heavy atom. The van der Waals surface area contributed by atoms with Crippen molar-refractivity contribution in [2.75, 3.05) is 13.1 Å². The number of carbonyl (C=O) groups excluding carboxylic acids is 1. The van der Waals surface area contributed by atoms with Gasteiger partial charge in [0.1, 0.15) is 6.17 Å². The zero-order valence-corrected chi connectivity index (χ0v) is 12.2. The topological polar surface area (TPSA) is 32.3 Å². The van der Waals surface area contributed by atoms with Gasteiger partial charge in [-0.05, 0) is 37.8 Å². The van der Waals surface area contributed by atoms with E-state index in [-0.39, 0.29) is 12.1 Å². The van der Waals surface area contributed by atoms with Gasteiger partial charge in [0.2, 0.25) is 5.91 Å². The summed E-state index contributed by atoms with van der Waals surface area (Å²) in [5.74, 6) is 0.938. The van der Waals surface area contributed by atoms with Crippen molar-refractivity contribution >= 4 is 17.2 Å². The molecule has 0 aromatic carbocycles. The number of rotatable bonds is 5. The van der Waals surface area contributed by atoms with Gasteiger partial charge < -0.3 is 4.90 Å². The van der Waals surface area contributed by atoms with Crippen molar-refractivity contribution < 1.29 is 4.79 Å². The van der Waals surface area contributed by atoms with Crippen LogP contribution in [0.15, 0.2) is 12.1 Å². The summed E-state index contributed by atoms with van der Waals surface area (Å²) >= 11 is 1.77. The Kier molecular flexibility index (Phi) is 4.40. The lowest BCUT2D eigenvalue weighted by molar-refractivity contribution is -0.128. The summed E-state index contributed by atoms with van der Waals surface area (Å²) in [6.45, 7) is 7.90. The Bertz CT molecular complexity index is 414. The highest BCUT2D eigenvalue weighted by molar-refractivity contribution is 7.12. The molecule has 1 unspecified atom stereocenters. The van der Waals surface area contributed by atoms with Crippen molar-refractivity contribution in [1.82, 2.24) is 10.2 Å². The average molecular weight is 266 g/mol. The Balaban J connectivity index is 1.99. The molecule has 18 heavy (non-hydrogen) atoms. The molecule has 0 bridgehead atoms. The molecule has 1 aliphatic heterocycles. The minimum absolute atomic E-state index is 0.100. The molecule has 1 aromatic heterocycles. The van der Waals surface area contributed by atoms with Gasteiger partial charge in [0.15, 0.2) is 0 Å². The maximum absolute atomic E-state index is 11.9. The number of nitrogens with zero attached hydrogens (tertiary/aromatic N) is 1. The van der Waals surface area contributed by atoms with E-state index in [0.717, 1.165) is 13.0 Å². The molecule has 1 N–H and O–H groups in total. The molecule has 0 radical (unpaired) electrons. The largest absolute Gasteiger partial charge is 0.321 e. The summed E-state index contributed by atoms with van der Waals surface area (Å²) in [5, 5.41) is 3.31. The van der Waals surface area contributed by atoms with Crippen molar-refractivity contribution in [3.8, 4) is 0 Å². The molecule has 0 saturated carbocycles. The second kappa shape index (κ2) is 5.85. The number of amides is 1. The molecule has 100 valence electrons. The maximum Gasteiger partial charge on any atom is 0.238 e. The Hall–Kier alpha value is -0.870. The lowest BCUT2D eigenvalue weighted by Crippen LogP contribution is -2.30. The van der Waals surface area contributed by atoms with Crippen molar-refractivity contribution in [3.63, 3.8) is 0 Å². The number of hydrogen-bond acceptors (Lipinski definition) is 3. The van der Waals surface area contributed by atoms with Crippen molar-refractivity contribution in [3.05, 3.63) is 21.9 Å². The first-order valence-corrected chi connectivity index (χ1v) is 7.48. The second-order valence-electron chi connectivity index (χ2n) is 5.36. The fraction of sp³-hybridized carbons (Fsp3) is 0.643. The molecule has 1 fully saturated rings. The molecule has 1 atom stereocenters. The Morgan fingerprint density at radius 1 is 1.50 bits per heavy atom. The number of thiophene rings is 1. The summed E-state index contributed by atoms with van der Waals surface area (Å²) < 4.78 is 0. The molecule has 1 aromatic rings. The summed E-state index contributed by atoms with van der Waals surface area (Å²) in [7, 11) is 0. The van der Waals surface area contributed by atoms with Crippen molar-refractivity contribution in [2.45, 2.75) is 39.8 Å². The van der Waals surface area contributed by atoms with E-state index in [9.17, 15) is 4.79 Å². The van der Waals surface area contributed by atoms with Gasteiger partial charge in [-0.1, -0.05) is 13.8 Å². The van der Waals surface area contributed by atoms with Crippen molar-refractivity contribution in [2.24, 2.45) is 5.92 Å². The van der Waals surface area contributed by atoms with Crippen LogP contribution in [0.4, 0.5) is 0 Å². The van der Waals surface area contributed by atoms with E-state index in [0.29, 0.717) is 12.5 Å². The van der Waals surface area contributed by atoms with Crippen molar-refractivity contribution in [1.29, 1.82) is 0 Å². The fourth-order valence-electron chi connectivity index (χ4n) is 2.32. The minimum Gasteiger partial charge on any atom is -0.321 e. The Labute approximate surface area is 113 Å². The first-order valence-electron chi connectivity index (χ1n) is 6.67. The van der Waals surface area contributed by atoms with Crippen LogP contribution in [0.1, 0.15) is 42.6 Å². The predicted molar refractivity (Wildman–Crippen MR) is 75.6 cm³/mol. The average Bonchev–Trinajstić information content (AvgIpc) is 2.86. The van der Waals surface area contributed by atoms with E-state index in [2.05, 4.69) is 38.2 Å². The number of hydrogen-bond donors (Lipinski definition) is 1. The highest BCUT2D eigenvalue weighted by Crippen LogP contribution is 2.28. The smallest absolute Gasteiger partial charge is 0.238 e. The van der Waals surface area contributed by atoms with Crippen LogP contribution < -0.4 is 5.32 Å². The molecular formula is C14H22N2OS. The monoisotopic (exact) mass is 266 g/mol. The quantitative estimate of drug-likeness (QED) is 0.888. The van der Waals surface area contributed by atoms with Gasteiger partial charge in [-0.15, -0.1) is 11.3 Å². The van der Waals surface area contributed by atoms with Crippen LogP contribution in [0.2, 0.25) is 0 Å². The lowest BCUT2D eigenvalue weighted by Gasteiger charge is -2.23. The molecule has 1 aliphatic rings. The van der Waals surface area contributed by atoms with E-state index in [1.807, 2.05) is 4.90 Å². The molecule has 2 rings (SSSR count). The van der Waals surface area contributed by atoms with Gasteiger partial charge in [0, 0.05) is 16.3 Å². The van der Waals surface area contributed by atoms with Crippen LogP contribution >= 0.6 is 11.3 Å². The molecule has 0 aliphatic carbocycles. The fourth-order valence-corrected chi connectivity index (χ4v) is 3.28. The predicted octanol–water partition coefficient (Wildman–Crippen LogP) is 2.92. The first-order chi connectivity index (χ1) is 8.58. The van der Waals surface area contributed by atoms with E-state index in [1.165, 1.54) is 16.2 Å². The SMILES string of the molecule is Cc1ccc(C2NCC(=O)N2CCCC(C)C)s1. The zero-order valence-electron chi connectivity index (χ0n) is 11.4. The van der Waals surface area contributed by atoms with Gasteiger partial charge in [0.05, 0.1) is 6.54 Å². The van der Waals surface area contributed by atoms with Crippen LogP contribution in [0.3, 0.4) is 0 Å². The van der Waals surface area contributed by atoms with Gasteiger partial charge in [-0.25, -0.2) is 0 Å². The van der Waals surface area contributed by atoms with Crippen LogP contribution in [-0.4, -0.2) is 23.9 Å². The number of aryl methyl sites for hydroxylation is 1.